The molecule has 2 unspecified atom stereocenters. The van der Waals surface area contributed by atoms with E-state index in [-0.39, 0.29) is 5.54 Å². The summed E-state index contributed by atoms with van der Waals surface area (Å²) in [5.41, 5.74) is 4.58. The van der Waals surface area contributed by atoms with E-state index in [1.807, 2.05) is 0 Å². The average molecular weight is 304 g/mol. The van der Waals surface area contributed by atoms with Gasteiger partial charge in [-0.2, -0.15) is 0 Å². The molecule has 0 fully saturated rings. The first-order valence-corrected chi connectivity index (χ1v) is 8.14. The first kappa shape index (κ1) is 15.4. The molecule has 0 bridgehead atoms. The van der Waals surface area contributed by atoms with Crippen molar-refractivity contribution in [2.24, 2.45) is 5.92 Å². The minimum atomic E-state index is -0.0420. The van der Waals surface area contributed by atoms with Crippen LogP contribution in [0.2, 0.25) is 0 Å². The van der Waals surface area contributed by atoms with Crippen molar-refractivity contribution >= 4 is 17.1 Å². The molecule has 0 radical (unpaired) electrons. The summed E-state index contributed by atoms with van der Waals surface area (Å²) in [7, 11) is 0. The van der Waals surface area contributed by atoms with E-state index in [9.17, 15) is 0 Å². The summed E-state index contributed by atoms with van der Waals surface area (Å²) in [6.07, 6.45) is 8.70. The molecule has 23 heavy (non-hydrogen) atoms. The van der Waals surface area contributed by atoms with E-state index in [0.29, 0.717) is 5.92 Å². The molecule has 0 amide bonds. The van der Waals surface area contributed by atoms with Gasteiger partial charge in [0.25, 0.3) is 0 Å². The number of rotatable bonds is 4. The third kappa shape index (κ3) is 3.48. The van der Waals surface area contributed by atoms with Crippen molar-refractivity contribution in [2.45, 2.75) is 26.3 Å². The molecule has 0 spiro atoms. The van der Waals surface area contributed by atoms with Crippen LogP contribution in [-0.2, 0) is 0 Å². The highest BCUT2D eigenvalue weighted by molar-refractivity contribution is 5.65. The lowest BCUT2D eigenvalue weighted by molar-refractivity contribution is 0.493. The highest BCUT2D eigenvalue weighted by atomic mass is 15.0. The molecule has 1 aliphatic carbocycles. The van der Waals surface area contributed by atoms with E-state index in [0.717, 1.165) is 17.1 Å². The van der Waals surface area contributed by atoms with Crippen LogP contribution in [0.5, 0.6) is 0 Å². The van der Waals surface area contributed by atoms with E-state index in [1.54, 1.807) is 0 Å². The van der Waals surface area contributed by atoms with Crippen molar-refractivity contribution in [1.29, 1.82) is 0 Å². The van der Waals surface area contributed by atoms with Crippen LogP contribution in [0.3, 0.4) is 0 Å². The molecule has 118 valence electrons. The number of anilines is 3. The number of nitrogens with one attached hydrogen (secondary N) is 2. The fourth-order valence-corrected chi connectivity index (χ4v) is 2.81. The van der Waals surface area contributed by atoms with Crippen molar-refractivity contribution in [1.82, 2.24) is 0 Å². The van der Waals surface area contributed by atoms with Gasteiger partial charge in [-0.3, -0.25) is 0 Å². The summed E-state index contributed by atoms with van der Waals surface area (Å²) < 4.78 is 0. The maximum Gasteiger partial charge on any atom is 0.0591 e. The van der Waals surface area contributed by atoms with Crippen molar-refractivity contribution in [2.75, 3.05) is 10.6 Å². The summed E-state index contributed by atoms with van der Waals surface area (Å²) in [4.78, 5) is 0. The Morgan fingerprint density at radius 1 is 0.913 bits per heavy atom. The molecule has 2 aromatic carbocycles. The largest absolute Gasteiger partial charge is 0.376 e. The maximum absolute atomic E-state index is 3.64. The molecule has 1 aliphatic rings. The van der Waals surface area contributed by atoms with E-state index < -0.39 is 0 Å². The van der Waals surface area contributed by atoms with Gasteiger partial charge >= 0.3 is 0 Å². The third-order valence-electron chi connectivity index (χ3n) is 4.62. The molecule has 0 saturated heterocycles. The molecule has 3 rings (SSSR count). The minimum absolute atomic E-state index is 0.0420. The van der Waals surface area contributed by atoms with Gasteiger partial charge in [0, 0.05) is 23.0 Å². The second-order valence-electron chi connectivity index (χ2n) is 6.46. The number of allylic oxidation sites excluding steroid dienone is 2. The molecule has 0 aromatic heterocycles. The quantitative estimate of drug-likeness (QED) is 0.760. The number of para-hydroxylation sites is 1. The number of hydrogen-bond acceptors (Lipinski definition) is 2. The monoisotopic (exact) mass is 304 g/mol. The number of aryl methyl sites for hydroxylation is 1. The fourth-order valence-electron chi connectivity index (χ4n) is 2.81. The zero-order valence-electron chi connectivity index (χ0n) is 14.0. The normalized spacial score (nSPS) is 22.8. The van der Waals surface area contributed by atoms with Gasteiger partial charge in [-0.25, -0.2) is 0 Å². The standard InChI is InChI=1S/C21H24N2/c1-16-8-4-5-10-20(16)22-18-11-13-19(14-12-18)23-21(3)15-7-6-9-17(21)2/h4-15,17,22-23H,1-3H3. The predicted molar refractivity (Wildman–Crippen MR) is 100 cm³/mol. The Hall–Kier alpha value is -2.48. The van der Waals surface area contributed by atoms with Crippen LogP contribution in [0.25, 0.3) is 0 Å². The van der Waals surface area contributed by atoms with E-state index in [2.05, 4.69) is 104 Å². The zero-order chi connectivity index (χ0) is 16.3. The molecule has 0 saturated carbocycles. The summed E-state index contributed by atoms with van der Waals surface area (Å²) in [6.45, 7) is 6.58. The lowest BCUT2D eigenvalue weighted by Crippen LogP contribution is -2.39. The topological polar surface area (TPSA) is 24.1 Å². The third-order valence-corrected chi connectivity index (χ3v) is 4.62. The Morgan fingerprint density at radius 2 is 1.61 bits per heavy atom. The molecule has 2 aromatic rings. The van der Waals surface area contributed by atoms with Gasteiger partial charge < -0.3 is 10.6 Å². The number of hydrogen-bond donors (Lipinski definition) is 2. The first-order chi connectivity index (χ1) is 11.1. The van der Waals surface area contributed by atoms with Gasteiger partial charge in [0.15, 0.2) is 0 Å². The summed E-state index contributed by atoms with van der Waals surface area (Å²) in [5, 5.41) is 7.11. The van der Waals surface area contributed by atoms with Crippen LogP contribution >= 0.6 is 0 Å². The molecule has 0 heterocycles. The SMILES string of the molecule is Cc1ccccc1Nc1ccc(NC2(C)C=CC=CC2C)cc1. The highest BCUT2D eigenvalue weighted by Crippen LogP contribution is 2.29. The van der Waals surface area contributed by atoms with Gasteiger partial charge in [0.2, 0.25) is 0 Å². The van der Waals surface area contributed by atoms with Crippen LogP contribution < -0.4 is 10.6 Å². The zero-order valence-corrected chi connectivity index (χ0v) is 14.0. The van der Waals surface area contributed by atoms with Crippen molar-refractivity contribution in [3.8, 4) is 0 Å². The minimum Gasteiger partial charge on any atom is -0.376 e. The molecular weight excluding hydrogens is 280 g/mol. The second kappa shape index (κ2) is 6.33. The lowest BCUT2D eigenvalue weighted by atomic mass is 9.83. The highest BCUT2D eigenvalue weighted by Gasteiger charge is 2.27. The average Bonchev–Trinajstić information content (AvgIpc) is 2.54. The van der Waals surface area contributed by atoms with Crippen molar-refractivity contribution in [3.63, 3.8) is 0 Å². The van der Waals surface area contributed by atoms with Crippen molar-refractivity contribution < 1.29 is 0 Å². The molecule has 2 N–H and O–H groups in total. The first-order valence-electron chi connectivity index (χ1n) is 8.14. The Balaban J connectivity index is 1.71. The predicted octanol–water partition coefficient (Wildman–Crippen LogP) is 5.67. The summed E-state index contributed by atoms with van der Waals surface area (Å²) >= 11 is 0. The van der Waals surface area contributed by atoms with Crippen LogP contribution in [0.1, 0.15) is 19.4 Å². The van der Waals surface area contributed by atoms with Gasteiger partial charge in [0.1, 0.15) is 0 Å². The van der Waals surface area contributed by atoms with Gasteiger partial charge in [0.05, 0.1) is 5.54 Å². The molecular formula is C21H24N2. The van der Waals surface area contributed by atoms with E-state index in [1.165, 1.54) is 5.56 Å². The summed E-state index contributed by atoms with van der Waals surface area (Å²) in [5.74, 6) is 0.456. The van der Waals surface area contributed by atoms with E-state index in [4.69, 9.17) is 0 Å². The van der Waals surface area contributed by atoms with Crippen molar-refractivity contribution in [3.05, 3.63) is 78.4 Å². The van der Waals surface area contributed by atoms with Gasteiger partial charge in [-0.1, -0.05) is 49.4 Å². The lowest BCUT2D eigenvalue weighted by Gasteiger charge is -2.35. The second-order valence-corrected chi connectivity index (χ2v) is 6.46. The fraction of sp³-hybridized carbons (Fsp3) is 0.238. The Labute approximate surface area is 138 Å². The van der Waals surface area contributed by atoms with Crippen LogP contribution in [0, 0.1) is 12.8 Å². The Kier molecular flexibility index (Phi) is 4.24. The Morgan fingerprint density at radius 3 is 2.30 bits per heavy atom. The molecule has 2 heteroatoms. The number of benzene rings is 2. The molecule has 2 atom stereocenters. The molecule has 2 nitrogen and oxygen atoms in total. The van der Waals surface area contributed by atoms with Gasteiger partial charge in [-0.05, 0) is 49.7 Å². The van der Waals surface area contributed by atoms with Crippen LogP contribution in [0.15, 0.2) is 72.8 Å². The smallest absolute Gasteiger partial charge is 0.0591 e. The molecule has 0 aliphatic heterocycles. The summed E-state index contributed by atoms with van der Waals surface area (Å²) in [6, 6.07) is 16.8. The van der Waals surface area contributed by atoms with Crippen LogP contribution in [-0.4, -0.2) is 5.54 Å². The van der Waals surface area contributed by atoms with Crippen LogP contribution in [0.4, 0.5) is 17.1 Å². The van der Waals surface area contributed by atoms with E-state index >= 15 is 0 Å². The Bertz CT molecular complexity index is 728. The van der Waals surface area contributed by atoms with Gasteiger partial charge in [-0.15, -0.1) is 0 Å². The maximum atomic E-state index is 3.64.